The molecular weight excluding hydrogens is 296 g/mol. The smallest absolute Gasteiger partial charge is 0.232 e. The fraction of sp³-hybridized carbons (Fsp3) is 0.600. The summed E-state index contributed by atoms with van der Waals surface area (Å²) < 4.78 is 27.2. The topological polar surface area (TPSA) is 43.4 Å². The number of hydrogen-bond donors (Lipinski definition) is 0. The van der Waals surface area contributed by atoms with Crippen molar-refractivity contribution < 1.29 is 13.2 Å². The van der Waals surface area contributed by atoms with Gasteiger partial charge in [-0.1, -0.05) is 19.9 Å². The van der Waals surface area contributed by atoms with E-state index in [1.54, 1.807) is 0 Å². The van der Waals surface area contributed by atoms with Crippen molar-refractivity contribution in [1.82, 2.24) is 0 Å². The molecule has 0 atom stereocenters. The molecule has 0 saturated carbocycles. The first-order valence-corrected chi connectivity index (χ1v) is 9.43. The highest BCUT2D eigenvalue weighted by Gasteiger charge is 2.05. The first-order valence-electron chi connectivity index (χ1n) is 6.95. The molecule has 1 aromatic rings. The Morgan fingerprint density at radius 2 is 1.90 bits per heavy atom. The Hall–Kier alpha value is -0.740. The molecule has 1 rings (SSSR count). The minimum Gasteiger partial charge on any atom is -0.494 e. The number of benzene rings is 1. The van der Waals surface area contributed by atoms with Crippen molar-refractivity contribution in [1.29, 1.82) is 0 Å². The van der Waals surface area contributed by atoms with E-state index in [2.05, 4.69) is 32.9 Å². The van der Waals surface area contributed by atoms with E-state index in [4.69, 9.17) is 15.4 Å². The molecule has 0 aliphatic carbocycles. The van der Waals surface area contributed by atoms with Crippen molar-refractivity contribution in [3.8, 4) is 5.75 Å². The van der Waals surface area contributed by atoms with Crippen molar-refractivity contribution in [2.24, 2.45) is 0 Å². The van der Waals surface area contributed by atoms with Crippen LogP contribution in [0, 0.1) is 6.92 Å². The predicted octanol–water partition coefficient (Wildman–Crippen LogP) is 4.24. The van der Waals surface area contributed by atoms with Gasteiger partial charge in [0.15, 0.2) is 0 Å². The van der Waals surface area contributed by atoms with Crippen LogP contribution >= 0.6 is 10.7 Å². The van der Waals surface area contributed by atoms with Gasteiger partial charge in [0.2, 0.25) is 9.05 Å². The molecule has 5 heteroatoms. The average molecular weight is 319 g/mol. The normalized spacial score (nSPS) is 11.8. The van der Waals surface area contributed by atoms with Gasteiger partial charge >= 0.3 is 0 Å². The molecule has 0 heterocycles. The molecule has 0 unspecified atom stereocenters. The summed E-state index contributed by atoms with van der Waals surface area (Å²) in [5.74, 6) is 1.43. The molecule has 20 heavy (non-hydrogen) atoms. The second-order valence-electron chi connectivity index (χ2n) is 5.33. The van der Waals surface area contributed by atoms with Crippen LogP contribution in [0.3, 0.4) is 0 Å². The summed E-state index contributed by atoms with van der Waals surface area (Å²) in [6.45, 7) is 7.04. The Bertz CT molecular complexity index is 524. The van der Waals surface area contributed by atoms with Crippen LogP contribution in [0.4, 0.5) is 0 Å². The van der Waals surface area contributed by atoms with Crippen LogP contribution in [-0.4, -0.2) is 20.8 Å². The number of unbranched alkanes of at least 4 members (excludes halogenated alkanes) is 2. The Labute approximate surface area is 126 Å². The van der Waals surface area contributed by atoms with Crippen molar-refractivity contribution in [2.75, 3.05) is 12.4 Å². The SMILES string of the molecule is Cc1cc(OCCCCCS(=O)(=O)Cl)ccc1C(C)C. The quantitative estimate of drug-likeness (QED) is 0.532. The molecule has 0 aliphatic rings. The van der Waals surface area contributed by atoms with E-state index in [0.717, 1.165) is 18.6 Å². The number of ether oxygens (including phenoxy) is 1. The largest absolute Gasteiger partial charge is 0.494 e. The highest BCUT2D eigenvalue weighted by molar-refractivity contribution is 8.13. The minimum absolute atomic E-state index is 0.0384. The fourth-order valence-corrected chi connectivity index (χ4v) is 3.01. The highest BCUT2D eigenvalue weighted by Crippen LogP contribution is 2.23. The van der Waals surface area contributed by atoms with Crippen molar-refractivity contribution in [3.63, 3.8) is 0 Å². The van der Waals surface area contributed by atoms with Crippen LogP contribution in [0.25, 0.3) is 0 Å². The van der Waals surface area contributed by atoms with Crippen LogP contribution in [0.2, 0.25) is 0 Å². The van der Waals surface area contributed by atoms with Crippen LogP contribution in [0.5, 0.6) is 5.75 Å². The van der Waals surface area contributed by atoms with Crippen molar-refractivity contribution in [3.05, 3.63) is 29.3 Å². The Morgan fingerprint density at radius 3 is 2.45 bits per heavy atom. The van der Waals surface area contributed by atoms with Gasteiger partial charge in [-0.05, 0) is 55.4 Å². The zero-order chi connectivity index (χ0) is 15.2. The average Bonchev–Trinajstić information content (AvgIpc) is 2.32. The molecule has 0 N–H and O–H groups in total. The summed E-state index contributed by atoms with van der Waals surface area (Å²) >= 11 is 0. The number of rotatable bonds is 8. The van der Waals surface area contributed by atoms with Gasteiger partial charge in [0, 0.05) is 10.7 Å². The summed E-state index contributed by atoms with van der Waals surface area (Å²) in [5, 5.41) is 0. The maximum atomic E-state index is 10.7. The molecule has 0 saturated heterocycles. The first kappa shape index (κ1) is 17.3. The van der Waals surface area contributed by atoms with E-state index in [9.17, 15) is 8.42 Å². The van der Waals surface area contributed by atoms with E-state index < -0.39 is 9.05 Å². The molecule has 114 valence electrons. The van der Waals surface area contributed by atoms with Gasteiger partial charge in [-0.25, -0.2) is 8.42 Å². The lowest BCUT2D eigenvalue weighted by Crippen LogP contribution is -2.01. The molecule has 0 amide bonds. The van der Waals surface area contributed by atoms with Gasteiger partial charge < -0.3 is 4.74 Å². The van der Waals surface area contributed by atoms with Crippen LogP contribution in [-0.2, 0) is 9.05 Å². The maximum absolute atomic E-state index is 10.7. The lowest BCUT2D eigenvalue weighted by Gasteiger charge is -2.12. The molecular formula is C15H23ClO3S. The van der Waals surface area contributed by atoms with E-state index in [1.807, 2.05) is 6.07 Å². The molecule has 0 aromatic heterocycles. The molecule has 3 nitrogen and oxygen atoms in total. The first-order chi connectivity index (χ1) is 9.29. The van der Waals surface area contributed by atoms with Gasteiger partial charge in [-0.2, -0.15) is 0 Å². The number of halogens is 1. The van der Waals surface area contributed by atoms with Crippen LogP contribution in [0.15, 0.2) is 18.2 Å². The standard InChI is InChI=1S/C15H23ClO3S/c1-12(2)15-8-7-14(11-13(15)3)19-9-5-4-6-10-20(16,17)18/h7-8,11-12H,4-6,9-10H2,1-3H3. The zero-order valence-corrected chi connectivity index (χ0v) is 13.9. The van der Waals surface area contributed by atoms with Gasteiger partial charge in [0.05, 0.1) is 12.4 Å². The second-order valence-corrected chi connectivity index (χ2v) is 8.22. The van der Waals surface area contributed by atoms with E-state index in [1.165, 1.54) is 11.1 Å². The highest BCUT2D eigenvalue weighted by atomic mass is 35.7. The monoisotopic (exact) mass is 318 g/mol. The fourth-order valence-electron chi connectivity index (χ4n) is 2.13. The van der Waals surface area contributed by atoms with Gasteiger partial charge in [0.1, 0.15) is 5.75 Å². The van der Waals surface area contributed by atoms with Crippen molar-refractivity contribution >= 4 is 19.7 Å². The third-order valence-corrected chi connectivity index (χ3v) is 4.40. The van der Waals surface area contributed by atoms with E-state index in [-0.39, 0.29) is 5.75 Å². The summed E-state index contributed by atoms with van der Waals surface area (Å²) in [6.07, 6.45) is 2.22. The summed E-state index contributed by atoms with van der Waals surface area (Å²) in [6, 6.07) is 6.15. The Kier molecular flexibility index (Phi) is 6.83. The Balaban J connectivity index is 2.31. The molecule has 0 aliphatic heterocycles. The molecule has 0 radical (unpaired) electrons. The molecule has 0 spiro atoms. The maximum Gasteiger partial charge on any atom is 0.232 e. The van der Waals surface area contributed by atoms with E-state index >= 15 is 0 Å². The minimum atomic E-state index is -3.35. The number of aryl methyl sites for hydroxylation is 1. The van der Waals surface area contributed by atoms with Crippen LogP contribution < -0.4 is 4.74 Å². The second kappa shape index (κ2) is 7.89. The third kappa shape index (κ3) is 6.62. The van der Waals surface area contributed by atoms with Gasteiger partial charge in [0.25, 0.3) is 0 Å². The molecule has 0 fully saturated rings. The van der Waals surface area contributed by atoms with E-state index in [0.29, 0.717) is 18.9 Å². The lowest BCUT2D eigenvalue weighted by atomic mass is 9.98. The summed E-state index contributed by atoms with van der Waals surface area (Å²) in [4.78, 5) is 0. The van der Waals surface area contributed by atoms with Gasteiger partial charge in [-0.15, -0.1) is 0 Å². The molecule has 1 aromatic carbocycles. The number of hydrogen-bond acceptors (Lipinski definition) is 3. The molecule has 0 bridgehead atoms. The Morgan fingerprint density at radius 1 is 1.20 bits per heavy atom. The third-order valence-electron chi connectivity index (χ3n) is 3.16. The van der Waals surface area contributed by atoms with Gasteiger partial charge in [-0.3, -0.25) is 0 Å². The summed E-state index contributed by atoms with van der Waals surface area (Å²) in [7, 11) is 1.79. The summed E-state index contributed by atoms with van der Waals surface area (Å²) in [5.41, 5.74) is 2.58. The lowest BCUT2D eigenvalue weighted by molar-refractivity contribution is 0.306. The van der Waals surface area contributed by atoms with Crippen molar-refractivity contribution in [2.45, 2.75) is 46.0 Å². The zero-order valence-electron chi connectivity index (χ0n) is 12.4. The van der Waals surface area contributed by atoms with Crippen LogP contribution in [0.1, 0.15) is 50.2 Å². The predicted molar refractivity (Wildman–Crippen MR) is 84.3 cm³/mol.